The minimum absolute atomic E-state index is 0.348. The van der Waals surface area contributed by atoms with Crippen molar-refractivity contribution >= 4 is 0 Å². The van der Waals surface area contributed by atoms with Gasteiger partial charge in [-0.3, -0.25) is 0 Å². The Morgan fingerprint density at radius 3 is 2.71 bits per heavy atom. The fourth-order valence-corrected chi connectivity index (χ4v) is 1.96. The summed E-state index contributed by atoms with van der Waals surface area (Å²) in [6.07, 6.45) is 0. The quantitative estimate of drug-likeness (QED) is 0.823. The lowest BCUT2D eigenvalue weighted by Gasteiger charge is -2.21. The fourth-order valence-electron chi connectivity index (χ4n) is 1.96. The van der Waals surface area contributed by atoms with E-state index in [2.05, 4.69) is 12.2 Å². The second-order valence-corrected chi connectivity index (χ2v) is 4.60. The topological polar surface area (TPSA) is 15.3 Å². The van der Waals surface area contributed by atoms with Crippen LogP contribution in [0.25, 0.3) is 0 Å². The monoisotopic (exact) mass is 242 g/mol. The Kier molecular flexibility index (Phi) is 5.51. The third-order valence-corrected chi connectivity index (χ3v) is 2.62. The van der Waals surface area contributed by atoms with Crippen LogP contribution in [0.2, 0.25) is 0 Å². The largest absolute Gasteiger partial charge is 0.319 e. The zero-order valence-electron chi connectivity index (χ0n) is 10.6. The maximum Gasteiger partial charge on any atom is 0.127 e. The first-order valence-electron chi connectivity index (χ1n) is 5.80. The summed E-state index contributed by atoms with van der Waals surface area (Å²) >= 11 is 0. The number of hydrogen-bond acceptors (Lipinski definition) is 2. The first kappa shape index (κ1) is 14.1. The molecule has 2 nitrogen and oxygen atoms in total. The van der Waals surface area contributed by atoms with E-state index in [0.717, 1.165) is 19.2 Å². The molecule has 0 bridgehead atoms. The predicted octanol–water partition coefficient (Wildman–Crippen LogP) is 2.25. The fraction of sp³-hybridized carbons (Fsp3) is 0.538. The van der Waals surface area contributed by atoms with Crippen molar-refractivity contribution in [1.82, 2.24) is 10.2 Å². The summed E-state index contributed by atoms with van der Waals surface area (Å²) in [5, 5.41) is 3.10. The summed E-state index contributed by atoms with van der Waals surface area (Å²) < 4.78 is 26.4. The maximum absolute atomic E-state index is 13.4. The van der Waals surface area contributed by atoms with Gasteiger partial charge in [-0.25, -0.2) is 8.78 Å². The summed E-state index contributed by atoms with van der Waals surface area (Å²) in [6.45, 7) is 4.30. The molecule has 0 radical (unpaired) electrons. The van der Waals surface area contributed by atoms with Crippen LogP contribution in [0, 0.1) is 17.6 Å². The number of benzene rings is 1. The second kappa shape index (κ2) is 6.67. The SMILES string of the molecule is CNCC(C)CN(C)Cc1cc(F)ccc1F. The van der Waals surface area contributed by atoms with Crippen LogP contribution >= 0.6 is 0 Å². The minimum atomic E-state index is -0.391. The minimum Gasteiger partial charge on any atom is -0.319 e. The van der Waals surface area contributed by atoms with Crippen molar-refractivity contribution in [2.75, 3.05) is 27.2 Å². The zero-order chi connectivity index (χ0) is 12.8. The second-order valence-electron chi connectivity index (χ2n) is 4.60. The highest BCUT2D eigenvalue weighted by molar-refractivity contribution is 5.18. The molecule has 96 valence electrons. The number of hydrogen-bond donors (Lipinski definition) is 1. The summed E-state index contributed by atoms with van der Waals surface area (Å²) in [7, 11) is 3.82. The van der Waals surface area contributed by atoms with Crippen molar-refractivity contribution in [2.45, 2.75) is 13.5 Å². The van der Waals surface area contributed by atoms with Gasteiger partial charge in [-0.15, -0.1) is 0 Å². The first-order valence-corrected chi connectivity index (χ1v) is 5.80. The smallest absolute Gasteiger partial charge is 0.127 e. The molecule has 1 rings (SSSR count). The van der Waals surface area contributed by atoms with Crippen LogP contribution in [0.15, 0.2) is 18.2 Å². The van der Waals surface area contributed by atoms with E-state index in [1.54, 1.807) is 0 Å². The molecular formula is C13H20F2N2. The molecule has 0 aromatic heterocycles. The third-order valence-electron chi connectivity index (χ3n) is 2.62. The van der Waals surface area contributed by atoms with Crippen molar-refractivity contribution < 1.29 is 8.78 Å². The van der Waals surface area contributed by atoms with Gasteiger partial charge >= 0.3 is 0 Å². The highest BCUT2D eigenvalue weighted by Gasteiger charge is 2.09. The molecule has 17 heavy (non-hydrogen) atoms. The Morgan fingerprint density at radius 2 is 2.06 bits per heavy atom. The lowest BCUT2D eigenvalue weighted by atomic mass is 10.1. The Morgan fingerprint density at radius 1 is 1.35 bits per heavy atom. The van der Waals surface area contributed by atoms with Gasteiger partial charge in [0, 0.05) is 18.7 Å². The van der Waals surface area contributed by atoms with Crippen LogP contribution in [0.4, 0.5) is 8.78 Å². The molecule has 0 saturated heterocycles. The summed E-state index contributed by atoms with van der Waals surface area (Å²) in [5.74, 6) is -0.265. The Labute approximate surface area is 102 Å². The number of nitrogens with one attached hydrogen (secondary N) is 1. The first-order chi connectivity index (χ1) is 8.02. The van der Waals surface area contributed by atoms with Crippen LogP contribution in [-0.4, -0.2) is 32.1 Å². The molecule has 0 spiro atoms. The predicted molar refractivity (Wildman–Crippen MR) is 65.8 cm³/mol. The molecule has 0 heterocycles. The van der Waals surface area contributed by atoms with Crippen molar-refractivity contribution in [3.8, 4) is 0 Å². The maximum atomic E-state index is 13.4. The average molecular weight is 242 g/mol. The van der Waals surface area contributed by atoms with E-state index in [-0.39, 0.29) is 5.82 Å². The van der Waals surface area contributed by atoms with E-state index >= 15 is 0 Å². The summed E-state index contributed by atoms with van der Waals surface area (Å²) in [6, 6.07) is 3.58. The van der Waals surface area contributed by atoms with Crippen molar-refractivity contribution in [2.24, 2.45) is 5.92 Å². The number of halogens is 2. The lowest BCUT2D eigenvalue weighted by Crippen LogP contribution is -2.29. The van der Waals surface area contributed by atoms with Crippen LogP contribution < -0.4 is 5.32 Å². The molecule has 0 fully saturated rings. The Balaban J connectivity index is 2.55. The molecule has 4 heteroatoms. The van der Waals surface area contributed by atoms with Crippen LogP contribution in [0.1, 0.15) is 12.5 Å². The third kappa shape index (κ3) is 4.79. The summed E-state index contributed by atoms with van der Waals surface area (Å²) in [5.41, 5.74) is 0.407. The van der Waals surface area contributed by atoms with Gasteiger partial charge in [0.15, 0.2) is 0 Å². The lowest BCUT2D eigenvalue weighted by molar-refractivity contribution is 0.272. The van der Waals surface area contributed by atoms with Gasteiger partial charge in [-0.2, -0.15) is 0 Å². The van der Waals surface area contributed by atoms with Gasteiger partial charge in [0.2, 0.25) is 0 Å². The average Bonchev–Trinajstić information content (AvgIpc) is 2.23. The molecule has 0 aliphatic rings. The highest BCUT2D eigenvalue weighted by Crippen LogP contribution is 2.12. The van der Waals surface area contributed by atoms with Crippen molar-refractivity contribution in [1.29, 1.82) is 0 Å². The molecule has 1 aromatic rings. The number of rotatable bonds is 6. The van der Waals surface area contributed by atoms with Crippen molar-refractivity contribution in [3.05, 3.63) is 35.4 Å². The van der Waals surface area contributed by atoms with Gasteiger partial charge in [0.05, 0.1) is 0 Å². The molecule has 0 aliphatic heterocycles. The molecular weight excluding hydrogens is 222 g/mol. The van der Waals surface area contributed by atoms with E-state index < -0.39 is 5.82 Å². The van der Waals surface area contributed by atoms with E-state index in [4.69, 9.17) is 0 Å². The van der Waals surface area contributed by atoms with Crippen LogP contribution in [0.3, 0.4) is 0 Å². The normalized spacial score (nSPS) is 13.1. The van der Waals surface area contributed by atoms with Gasteiger partial charge in [-0.1, -0.05) is 6.92 Å². The molecule has 1 unspecified atom stereocenters. The van der Waals surface area contributed by atoms with Gasteiger partial charge in [-0.05, 0) is 44.8 Å². The van der Waals surface area contributed by atoms with E-state index in [1.165, 1.54) is 12.1 Å². The van der Waals surface area contributed by atoms with Gasteiger partial charge < -0.3 is 10.2 Å². The standard InChI is InChI=1S/C13H20F2N2/c1-10(7-16-2)8-17(3)9-11-6-12(14)4-5-13(11)15/h4-6,10,16H,7-9H2,1-3H3. The molecule has 1 N–H and O–H groups in total. The van der Waals surface area contributed by atoms with Gasteiger partial charge in [0.1, 0.15) is 11.6 Å². The molecule has 0 saturated carbocycles. The Bertz CT molecular complexity index is 355. The molecule has 1 aromatic carbocycles. The van der Waals surface area contributed by atoms with E-state index in [9.17, 15) is 8.78 Å². The molecule has 1 atom stereocenters. The van der Waals surface area contributed by atoms with Crippen molar-refractivity contribution in [3.63, 3.8) is 0 Å². The zero-order valence-corrected chi connectivity index (χ0v) is 10.6. The Hall–Kier alpha value is -1.00. The highest BCUT2D eigenvalue weighted by atomic mass is 19.1. The van der Waals surface area contributed by atoms with E-state index in [0.29, 0.717) is 18.0 Å². The number of nitrogens with zero attached hydrogens (tertiary/aromatic N) is 1. The van der Waals surface area contributed by atoms with Crippen LogP contribution in [-0.2, 0) is 6.54 Å². The van der Waals surface area contributed by atoms with E-state index in [1.807, 2.05) is 19.0 Å². The molecule has 0 aliphatic carbocycles. The van der Waals surface area contributed by atoms with Crippen LogP contribution in [0.5, 0.6) is 0 Å². The molecule has 0 amide bonds. The summed E-state index contributed by atoms with van der Waals surface area (Å²) in [4.78, 5) is 2.00. The van der Waals surface area contributed by atoms with Gasteiger partial charge in [0.25, 0.3) is 0 Å².